The highest BCUT2D eigenvalue weighted by Crippen LogP contribution is 2.14. The Morgan fingerprint density at radius 1 is 1.35 bits per heavy atom. The normalized spacial score (nSPS) is 11.3. The lowest BCUT2D eigenvalue weighted by molar-refractivity contribution is -0.140. The van der Waals surface area contributed by atoms with Gasteiger partial charge >= 0.3 is 5.97 Å². The van der Waals surface area contributed by atoms with Gasteiger partial charge in [-0.05, 0) is 43.5 Å². The van der Waals surface area contributed by atoms with Crippen LogP contribution in [-0.2, 0) is 19.6 Å². The van der Waals surface area contributed by atoms with Crippen LogP contribution < -0.4 is 4.72 Å². The maximum Gasteiger partial charge on any atom is 0.305 e. The second-order valence-electron chi connectivity index (χ2n) is 4.34. The molecule has 0 unspecified atom stereocenters. The first-order valence-electron chi connectivity index (χ1n) is 6.19. The average Bonchev–Trinajstić information content (AvgIpc) is 2.40. The second kappa shape index (κ2) is 7.35. The van der Waals surface area contributed by atoms with E-state index in [1.165, 1.54) is 26.2 Å². The highest BCUT2D eigenvalue weighted by Gasteiger charge is 2.14. The van der Waals surface area contributed by atoms with Gasteiger partial charge in [0.15, 0.2) is 0 Å². The predicted molar refractivity (Wildman–Crippen MR) is 72.2 cm³/mol. The number of unbranched alkanes of at least 4 members (excludes halogenated alkanes) is 1. The molecule has 5 nitrogen and oxygen atoms in total. The lowest BCUT2D eigenvalue weighted by Gasteiger charge is -2.07. The van der Waals surface area contributed by atoms with Crippen molar-refractivity contribution in [1.82, 2.24) is 4.72 Å². The second-order valence-corrected chi connectivity index (χ2v) is 6.11. The van der Waals surface area contributed by atoms with Crippen LogP contribution in [0.5, 0.6) is 0 Å². The maximum atomic E-state index is 13.1. The van der Waals surface area contributed by atoms with Crippen LogP contribution in [0.2, 0.25) is 0 Å². The zero-order chi connectivity index (χ0) is 15.2. The zero-order valence-corrected chi connectivity index (χ0v) is 12.3. The molecule has 7 heteroatoms. The Labute approximate surface area is 118 Å². The number of nitrogens with one attached hydrogen (secondary N) is 1. The van der Waals surface area contributed by atoms with Crippen molar-refractivity contribution in [2.45, 2.75) is 31.1 Å². The molecule has 0 radical (unpaired) electrons. The molecule has 1 N–H and O–H groups in total. The number of benzene rings is 1. The Bertz CT molecular complexity index is 572. The summed E-state index contributed by atoms with van der Waals surface area (Å²) >= 11 is 0. The van der Waals surface area contributed by atoms with Crippen molar-refractivity contribution in [3.8, 4) is 0 Å². The summed E-state index contributed by atoms with van der Waals surface area (Å²) in [5, 5.41) is 0. The van der Waals surface area contributed by atoms with Gasteiger partial charge in [0.2, 0.25) is 10.0 Å². The third-order valence-electron chi connectivity index (χ3n) is 2.77. The van der Waals surface area contributed by atoms with E-state index in [4.69, 9.17) is 0 Å². The van der Waals surface area contributed by atoms with Crippen LogP contribution in [0.4, 0.5) is 4.39 Å². The molecule has 0 spiro atoms. The van der Waals surface area contributed by atoms with Crippen LogP contribution in [0, 0.1) is 12.7 Å². The number of halogens is 1. The van der Waals surface area contributed by atoms with Crippen LogP contribution >= 0.6 is 0 Å². The number of hydrogen-bond acceptors (Lipinski definition) is 4. The van der Waals surface area contributed by atoms with Crippen molar-refractivity contribution in [3.05, 3.63) is 29.6 Å². The highest BCUT2D eigenvalue weighted by molar-refractivity contribution is 7.89. The highest BCUT2D eigenvalue weighted by atomic mass is 32.2. The predicted octanol–water partition coefficient (Wildman–Crippen LogP) is 1.76. The molecule has 1 aromatic rings. The van der Waals surface area contributed by atoms with Crippen molar-refractivity contribution >= 4 is 16.0 Å². The van der Waals surface area contributed by atoms with Crippen LogP contribution in [0.25, 0.3) is 0 Å². The van der Waals surface area contributed by atoms with Gasteiger partial charge in [-0.25, -0.2) is 17.5 Å². The number of ether oxygens (including phenoxy) is 1. The first kappa shape index (κ1) is 16.6. The molecule has 0 saturated carbocycles. The first-order chi connectivity index (χ1) is 9.36. The Kier molecular flexibility index (Phi) is 6.09. The summed E-state index contributed by atoms with van der Waals surface area (Å²) in [6.45, 7) is 1.72. The van der Waals surface area contributed by atoms with E-state index < -0.39 is 15.8 Å². The average molecular weight is 303 g/mol. The first-order valence-corrected chi connectivity index (χ1v) is 7.68. The molecule has 20 heavy (non-hydrogen) atoms. The minimum atomic E-state index is -3.64. The number of hydrogen-bond donors (Lipinski definition) is 1. The van der Waals surface area contributed by atoms with Crippen molar-refractivity contribution in [2.24, 2.45) is 0 Å². The molecule has 0 aromatic heterocycles. The Morgan fingerprint density at radius 3 is 2.65 bits per heavy atom. The van der Waals surface area contributed by atoms with Crippen LogP contribution in [0.1, 0.15) is 24.8 Å². The Morgan fingerprint density at radius 2 is 2.05 bits per heavy atom. The van der Waals surface area contributed by atoms with E-state index in [0.29, 0.717) is 12.8 Å². The standard InChI is InChI=1S/C13H18FNO4S/c1-10-9-11(6-7-12(10)14)20(17,18)15-8-4-3-5-13(16)19-2/h6-7,9,15H,3-5,8H2,1-2H3. The smallest absolute Gasteiger partial charge is 0.305 e. The summed E-state index contributed by atoms with van der Waals surface area (Å²) in [7, 11) is -2.33. The largest absolute Gasteiger partial charge is 0.469 e. The Balaban J connectivity index is 2.49. The molecule has 0 heterocycles. The quantitative estimate of drug-likeness (QED) is 0.615. The molecular formula is C13H18FNO4S. The van der Waals surface area contributed by atoms with E-state index in [-0.39, 0.29) is 29.4 Å². The number of carbonyl (C=O) groups excluding carboxylic acids is 1. The molecule has 1 aromatic carbocycles. The summed E-state index contributed by atoms with van der Waals surface area (Å²) in [6.07, 6.45) is 1.32. The molecule has 0 fully saturated rings. The van der Waals surface area contributed by atoms with Gasteiger partial charge < -0.3 is 4.74 Å². The molecule has 0 aliphatic carbocycles. The fourth-order valence-corrected chi connectivity index (χ4v) is 2.73. The van der Waals surface area contributed by atoms with E-state index in [2.05, 4.69) is 9.46 Å². The van der Waals surface area contributed by atoms with Gasteiger partial charge in [0.1, 0.15) is 5.82 Å². The topological polar surface area (TPSA) is 72.5 Å². The molecule has 0 amide bonds. The van der Waals surface area contributed by atoms with Crippen molar-refractivity contribution in [2.75, 3.05) is 13.7 Å². The molecule has 1 rings (SSSR count). The third-order valence-corrected chi connectivity index (χ3v) is 4.23. The van der Waals surface area contributed by atoms with Gasteiger partial charge in [-0.15, -0.1) is 0 Å². The van der Waals surface area contributed by atoms with Gasteiger partial charge in [-0.1, -0.05) is 0 Å². The third kappa shape index (κ3) is 4.90. The molecular weight excluding hydrogens is 285 g/mol. The van der Waals surface area contributed by atoms with Crippen LogP contribution in [0.3, 0.4) is 0 Å². The zero-order valence-electron chi connectivity index (χ0n) is 11.5. The van der Waals surface area contributed by atoms with Gasteiger partial charge in [0.05, 0.1) is 12.0 Å². The summed E-state index contributed by atoms with van der Waals surface area (Å²) < 4.78 is 43.8. The Hall–Kier alpha value is -1.47. The fraction of sp³-hybridized carbons (Fsp3) is 0.462. The van der Waals surface area contributed by atoms with E-state index in [0.717, 1.165) is 6.07 Å². The van der Waals surface area contributed by atoms with E-state index in [1.807, 2.05) is 0 Å². The maximum absolute atomic E-state index is 13.1. The number of aryl methyl sites for hydroxylation is 1. The fourth-order valence-electron chi connectivity index (χ4n) is 1.57. The molecule has 112 valence electrons. The van der Waals surface area contributed by atoms with Gasteiger partial charge in [0.25, 0.3) is 0 Å². The van der Waals surface area contributed by atoms with Gasteiger partial charge in [-0.2, -0.15) is 0 Å². The van der Waals surface area contributed by atoms with Crippen LogP contribution in [-0.4, -0.2) is 28.0 Å². The van der Waals surface area contributed by atoms with Gasteiger partial charge in [-0.3, -0.25) is 4.79 Å². The minimum absolute atomic E-state index is 0.0318. The lowest BCUT2D eigenvalue weighted by Crippen LogP contribution is -2.25. The van der Waals surface area contributed by atoms with Crippen molar-refractivity contribution < 1.29 is 22.3 Å². The number of carbonyl (C=O) groups is 1. The summed E-state index contributed by atoms with van der Waals surface area (Å²) in [6, 6.07) is 3.63. The van der Waals surface area contributed by atoms with Crippen LogP contribution in [0.15, 0.2) is 23.1 Å². The summed E-state index contributed by atoms with van der Waals surface area (Å²) in [5.74, 6) is -0.760. The van der Waals surface area contributed by atoms with Crippen molar-refractivity contribution in [1.29, 1.82) is 0 Å². The molecule has 0 atom stereocenters. The lowest BCUT2D eigenvalue weighted by atomic mass is 10.2. The number of methoxy groups -OCH3 is 1. The molecule has 0 aliphatic rings. The molecule has 0 aliphatic heterocycles. The van der Waals surface area contributed by atoms with E-state index >= 15 is 0 Å². The number of sulfonamides is 1. The number of esters is 1. The molecule has 0 saturated heterocycles. The summed E-state index contributed by atoms with van der Waals surface area (Å²) in [4.78, 5) is 10.9. The summed E-state index contributed by atoms with van der Waals surface area (Å²) in [5.41, 5.74) is 0.276. The van der Waals surface area contributed by atoms with E-state index in [1.54, 1.807) is 0 Å². The SMILES string of the molecule is COC(=O)CCCCNS(=O)(=O)c1ccc(F)c(C)c1. The molecule has 0 bridgehead atoms. The van der Waals surface area contributed by atoms with Gasteiger partial charge in [0, 0.05) is 13.0 Å². The number of rotatable bonds is 7. The minimum Gasteiger partial charge on any atom is -0.469 e. The van der Waals surface area contributed by atoms with Crippen molar-refractivity contribution in [3.63, 3.8) is 0 Å². The van der Waals surface area contributed by atoms with E-state index in [9.17, 15) is 17.6 Å². The monoisotopic (exact) mass is 303 g/mol.